The van der Waals surface area contributed by atoms with Crippen molar-refractivity contribution >= 4 is 0 Å². The third-order valence-electron chi connectivity index (χ3n) is 4.24. The highest BCUT2D eigenvalue weighted by Crippen LogP contribution is 2.27. The van der Waals surface area contributed by atoms with E-state index in [0.717, 1.165) is 12.1 Å². The van der Waals surface area contributed by atoms with Gasteiger partial charge < -0.3 is 0 Å². The molecule has 102 valence electrons. The Bertz CT molecular complexity index is 193. The highest BCUT2D eigenvalue weighted by Gasteiger charge is 2.33. The van der Waals surface area contributed by atoms with Crippen LogP contribution in [0.15, 0.2) is 0 Å². The van der Waals surface area contributed by atoms with Crippen molar-refractivity contribution in [3.05, 3.63) is 0 Å². The maximum Gasteiger partial charge on any atom is 0.0649 e. The van der Waals surface area contributed by atoms with Gasteiger partial charge in [-0.05, 0) is 32.4 Å². The zero-order valence-corrected chi connectivity index (χ0v) is 12.4. The number of hydrogen-bond donors (Lipinski definition) is 0. The van der Waals surface area contributed by atoms with E-state index < -0.39 is 0 Å². The maximum atomic E-state index is 2.73. The average molecular weight is 240 g/mol. The van der Waals surface area contributed by atoms with Crippen LogP contribution in [-0.4, -0.2) is 42.6 Å². The van der Waals surface area contributed by atoms with Gasteiger partial charge in [-0.1, -0.05) is 46.5 Å². The largest absolute Gasteiger partial charge is 0.289 e. The summed E-state index contributed by atoms with van der Waals surface area (Å²) in [5.74, 6) is 0.874. The summed E-state index contributed by atoms with van der Waals surface area (Å²) in [7, 11) is 2.31. The van der Waals surface area contributed by atoms with Crippen LogP contribution < -0.4 is 0 Å². The van der Waals surface area contributed by atoms with Gasteiger partial charge in [-0.3, -0.25) is 9.80 Å². The Hall–Kier alpha value is -0.0800. The molecule has 2 atom stereocenters. The number of unbranched alkanes of at least 4 members (excludes halogenated alkanes) is 2. The van der Waals surface area contributed by atoms with E-state index in [1.165, 1.54) is 58.2 Å². The highest BCUT2D eigenvalue weighted by molar-refractivity contribution is 4.84. The zero-order chi connectivity index (χ0) is 12.7. The quantitative estimate of drug-likeness (QED) is 0.640. The molecular formula is C15H32N2. The van der Waals surface area contributed by atoms with Gasteiger partial charge in [-0.15, -0.1) is 0 Å². The fraction of sp³-hybridized carbons (Fsp3) is 1.00. The molecule has 0 aromatic rings. The highest BCUT2D eigenvalue weighted by atomic mass is 15.4. The first-order chi connectivity index (χ1) is 8.24. The minimum atomic E-state index is 0.720. The molecule has 17 heavy (non-hydrogen) atoms. The number of rotatable bonds is 8. The Morgan fingerprint density at radius 3 is 2.35 bits per heavy atom. The zero-order valence-electron chi connectivity index (χ0n) is 12.4. The third-order valence-corrected chi connectivity index (χ3v) is 4.24. The summed E-state index contributed by atoms with van der Waals surface area (Å²) >= 11 is 0. The minimum Gasteiger partial charge on any atom is -0.289 e. The Morgan fingerprint density at radius 2 is 1.76 bits per heavy atom. The fourth-order valence-electron chi connectivity index (χ4n) is 3.12. The maximum absolute atomic E-state index is 2.73. The second kappa shape index (κ2) is 8.10. The van der Waals surface area contributed by atoms with E-state index in [2.05, 4.69) is 37.6 Å². The van der Waals surface area contributed by atoms with Crippen molar-refractivity contribution in [3.8, 4) is 0 Å². The van der Waals surface area contributed by atoms with Gasteiger partial charge in [0.15, 0.2) is 0 Å². The van der Waals surface area contributed by atoms with E-state index in [-0.39, 0.29) is 0 Å². The van der Waals surface area contributed by atoms with Crippen molar-refractivity contribution in [2.75, 3.05) is 26.7 Å². The smallest absolute Gasteiger partial charge is 0.0649 e. The molecular weight excluding hydrogens is 208 g/mol. The van der Waals surface area contributed by atoms with Crippen LogP contribution in [0.3, 0.4) is 0 Å². The predicted octanol–water partition coefficient (Wildman–Crippen LogP) is 3.58. The molecule has 0 radical (unpaired) electrons. The van der Waals surface area contributed by atoms with E-state index in [0.29, 0.717) is 0 Å². The summed E-state index contributed by atoms with van der Waals surface area (Å²) in [6.45, 7) is 10.8. The molecule has 2 nitrogen and oxygen atoms in total. The van der Waals surface area contributed by atoms with Crippen LogP contribution in [0, 0.1) is 5.92 Å². The average Bonchev–Trinajstić information content (AvgIpc) is 2.70. The van der Waals surface area contributed by atoms with Gasteiger partial charge in [0.05, 0.1) is 6.17 Å². The fourth-order valence-corrected chi connectivity index (χ4v) is 3.12. The van der Waals surface area contributed by atoms with E-state index in [1.54, 1.807) is 0 Å². The van der Waals surface area contributed by atoms with Gasteiger partial charge in [0, 0.05) is 13.1 Å². The molecule has 2 heteroatoms. The van der Waals surface area contributed by atoms with Crippen molar-refractivity contribution in [1.29, 1.82) is 0 Å². The molecule has 1 aliphatic heterocycles. The SMILES string of the molecule is CCCCC(CC)C1N(C)CCN1CCCC. The molecule has 0 spiro atoms. The van der Waals surface area contributed by atoms with E-state index in [9.17, 15) is 0 Å². The first-order valence-corrected chi connectivity index (χ1v) is 7.68. The topological polar surface area (TPSA) is 6.48 Å². The van der Waals surface area contributed by atoms with Gasteiger partial charge in [-0.2, -0.15) is 0 Å². The minimum absolute atomic E-state index is 0.720. The summed E-state index contributed by atoms with van der Waals surface area (Å²) in [5, 5.41) is 0. The van der Waals surface area contributed by atoms with Crippen LogP contribution in [-0.2, 0) is 0 Å². The standard InChI is InChI=1S/C15H32N2/c1-5-8-10-14(7-3)15-16(4)12-13-17(15)11-9-6-2/h14-15H,5-13H2,1-4H3. The lowest BCUT2D eigenvalue weighted by atomic mass is 9.95. The van der Waals surface area contributed by atoms with Gasteiger partial charge in [0.25, 0.3) is 0 Å². The third kappa shape index (κ3) is 4.26. The van der Waals surface area contributed by atoms with Crippen molar-refractivity contribution in [3.63, 3.8) is 0 Å². The monoisotopic (exact) mass is 240 g/mol. The molecule has 0 aliphatic carbocycles. The van der Waals surface area contributed by atoms with Crippen molar-refractivity contribution in [1.82, 2.24) is 9.80 Å². The van der Waals surface area contributed by atoms with Crippen LogP contribution in [0.5, 0.6) is 0 Å². The first-order valence-electron chi connectivity index (χ1n) is 7.68. The number of nitrogens with zero attached hydrogens (tertiary/aromatic N) is 2. The van der Waals surface area contributed by atoms with Crippen LogP contribution in [0.2, 0.25) is 0 Å². The lowest BCUT2D eigenvalue weighted by Crippen LogP contribution is -2.43. The molecule has 1 aliphatic rings. The summed E-state index contributed by atoms with van der Waals surface area (Å²) < 4.78 is 0. The van der Waals surface area contributed by atoms with Crippen molar-refractivity contribution in [2.24, 2.45) is 5.92 Å². The molecule has 0 aromatic heterocycles. The van der Waals surface area contributed by atoms with Crippen LogP contribution in [0.25, 0.3) is 0 Å². The van der Waals surface area contributed by atoms with E-state index in [1.807, 2.05) is 0 Å². The molecule has 1 fully saturated rings. The second-order valence-electron chi connectivity index (χ2n) is 5.59. The predicted molar refractivity (Wildman–Crippen MR) is 76.2 cm³/mol. The molecule has 1 rings (SSSR count). The Balaban J connectivity index is 2.54. The summed E-state index contributed by atoms with van der Waals surface area (Å²) in [6.07, 6.45) is 8.86. The summed E-state index contributed by atoms with van der Waals surface area (Å²) in [4.78, 5) is 5.31. The normalized spacial score (nSPS) is 24.4. The summed E-state index contributed by atoms with van der Waals surface area (Å²) in [5.41, 5.74) is 0. The molecule has 0 amide bonds. The molecule has 1 heterocycles. The lowest BCUT2D eigenvalue weighted by molar-refractivity contribution is 0.0861. The Labute approximate surface area is 108 Å². The first kappa shape index (κ1) is 15.0. The number of likely N-dealkylation sites (N-methyl/N-ethyl adjacent to an activating group) is 1. The van der Waals surface area contributed by atoms with Crippen molar-refractivity contribution < 1.29 is 0 Å². The second-order valence-corrected chi connectivity index (χ2v) is 5.59. The Morgan fingerprint density at radius 1 is 1.06 bits per heavy atom. The molecule has 0 N–H and O–H groups in total. The van der Waals surface area contributed by atoms with Crippen LogP contribution in [0.1, 0.15) is 59.3 Å². The Kier molecular flexibility index (Phi) is 7.14. The molecule has 1 saturated heterocycles. The van der Waals surface area contributed by atoms with Gasteiger partial charge in [-0.25, -0.2) is 0 Å². The van der Waals surface area contributed by atoms with Gasteiger partial charge in [0.2, 0.25) is 0 Å². The van der Waals surface area contributed by atoms with Crippen molar-refractivity contribution in [2.45, 2.75) is 65.5 Å². The molecule has 0 aromatic carbocycles. The summed E-state index contributed by atoms with van der Waals surface area (Å²) in [6, 6.07) is 0. The van der Waals surface area contributed by atoms with E-state index in [4.69, 9.17) is 0 Å². The van der Waals surface area contributed by atoms with Crippen LogP contribution >= 0.6 is 0 Å². The van der Waals surface area contributed by atoms with E-state index >= 15 is 0 Å². The molecule has 0 saturated carbocycles. The van der Waals surface area contributed by atoms with Crippen LogP contribution in [0.4, 0.5) is 0 Å². The van der Waals surface area contributed by atoms with Gasteiger partial charge in [0.1, 0.15) is 0 Å². The number of hydrogen-bond acceptors (Lipinski definition) is 2. The molecule has 0 bridgehead atoms. The lowest BCUT2D eigenvalue weighted by Gasteiger charge is -2.34. The van der Waals surface area contributed by atoms with Gasteiger partial charge >= 0.3 is 0 Å². The molecule has 2 unspecified atom stereocenters.